The predicted octanol–water partition coefficient (Wildman–Crippen LogP) is 24.0. The number of carbonyl (C=O) groups excluding carboxylic acids is 3. The Labute approximate surface area is 726 Å². The Morgan fingerprint density at radius 1 is 0.368 bits per heavy atom. The topological polar surface area (TPSA) is 176 Å². The number of hydrogen-bond acceptors (Lipinski definition) is 12. The molecule has 6 heterocycles. The number of benzene rings is 9. The first-order chi connectivity index (χ1) is 53.0. The van der Waals surface area contributed by atoms with Gasteiger partial charge in [-0.3, -0.25) is 19.4 Å². The molecule has 15 aromatic rings. The van der Waals surface area contributed by atoms with E-state index in [-0.39, 0.29) is 126 Å². The summed E-state index contributed by atoms with van der Waals surface area (Å²) in [5.74, 6) is -0.187. The van der Waals surface area contributed by atoms with Gasteiger partial charge in [0, 0.05) is 129 Å². The van der Waals surface area contributed by atoms with Crippen molar-refractivity contribution in [1.29, 1.82) is 0 Å². The summed E-state index contributed by atoms with van der Waals surface area (Å²) >= 11 is 1.73. The second kappa shape index (κ2) is 44.8. The van der Waals surface area contributed by atoms with Gasteiger partial charge in [-0.1, -0.05) is 202 Å². The second-order valence-electron chi connectivity index (χ2n) is 26.9. The maximum Gasteiger partial charge on any atom is 0.155 e. The molecule has 0 atom stereocenters. The molecule has 2 aliphatic rings. The Balaban J connectivity index is 0.000000210. The van der Waals surface area contributed by atoms with Crippen molar-refractivity contribution in [3.63, 3.8) is 0 Å². The molecule has 584 valence electrons. The van der Waals surface area contributed by atoms with E-state index in [1.54, 1.807) is 17.5 Å². The minimum Gasteiger partial charge on any atom is -0.512 e. The largest absolute Gasteiger partial charge is 0.512 e. The number of fused-ring (bicyclic) bond motifs is 9. The number of rotatable bonds is 8. The quantitative estimate of drug-likeness (QED) is 0.0750. The monoisotopic (exact) mass is 2230 g/mol. The summed E-state index contributed by atoms with van der Waals surface area (Å²) in [6.07, 6.45) is 10.8. The Kier molecular flexibility index (Phi) is 36.3. The number of aliphatic hydroxyl groups excluding tert-OH is 3. The molecular formula is C98H84Ir4N5O6S-5. The van der Waals surface area contributed by atoms with Gasteiger partial charge in [-0.15, -0.1) is 154 Å². The number of pyridine rings is 5. The molecule has 9 aromatic carbocycles. The Bertz CT molecular complexity index is 5590. The summed E-state index contributed by atoms with van der Waals surface area (Å²) in [4.78, 5) is 53.4. The smallest absolute Gasteiger partial charge is 0.155 e. The first kappa shape index (κ1) is 92.3. The zero-order valence-corrected chi connectivity index (χ0v) is 74.9. The van der Waals surface area contributed by atoms with Gasteiger partial charge < -0.3 is 35.3 Å². The van der Waals surface area contributed by atoms with Crippen LogP contribution in [0.3, 0.4) is 0 Å². The molecule has 11 nitrogen and oxygen atoms in total. The Hall–Kier alpha value is -10.6. The SMILES string of the molecule is CC(=O)C=C(C)O.CC(=O)C=C(C)O.CC(=O)C=C(C)O.CC1(C)c2ccccc2-c2c[c-]c(-c3ccc4ccccc4n3)cc21.CC1(C)c2ccccc2-c2c[c-]c(-c3ccccn3)cc21.[Ir].[Ir].[Ir].[Ir].[c-]1c(-c2ccccn2)sc2ccccc12.[c-]1ccccc1-c1ccccn1.[c-]1ccccc1-c1nccc2ccccc12. The number of aromatic nitrogens is 5. The molecule has 0 saturated heterocycles. The summed E-state index contributed by atoms with van der Waals surface area (Å²) in [5.41, 5.74) is 21.0. The summed E-state index contributed by atoms with van der Waals surface area (Å²) < 4.78 is 1.26. The van der Waals surface area contributed by atoms with Gasteiger partial charge in [0.15, 0.2) is 17.3 Å². The molecule has 0 aliphatic heterocycles. The molecule has 0 bridgehead atoms. The van der Waals surface area contributed by atoms with E-state index in [4.69, 9.17) is 20.3 Å². The normalized spacial score (nSPS) is 11.8. The van der Waals surface area contributed by atoms with Crippen molar-refractivity contribution in [2.75, 3.05) is 0 Å². The molecule has 4 radical (unpaired) electrons. The minimum absolute atomic E-state index is 0. The minimum atomic E-state index is -0.125. The van der Waals surface area contributed by atoms with Crippen LogP contribution in [0.5, 0.6) is 0 Å². The first-order valence-corrected chi connectivity index (χ1v) is 36.6. The van der Waals surface area contributed by atoms with Crippen LogP contribution in [-0.2, 0) is 106 Å². The zero-order valence-electron chi connectivity index (χ0n) is 64.5. The van der Waals surface area contributed by atoms with Gasteiger partial charge in [0.1, 0.15) is 0 Å². The average Bonchev–Trinajstić information content (AvgIpc) is 1.59. The van der Waals surface area contributed by atoms with E-state index >= 15 is 0 Å². The van der Waals surface area contributed by atoms with Crippen LogP contribution in [0.4, 0.5) is 0 Å². The maximum absolute atomic E-state index is 10.0. The fourth-order valence-electron chi connectivity index (χ4n) is 12.7. The second-order valence-corrected chi connectivity index (χ2v) is 28.0. The number of allylic oxidation sites excluding steroid dienone is 6. The molecule has 2 aliphatic carbocycles. The first-order valence-electron chi connectivity index (χ1n) is 35.8. The fourth-order valence-corrected chi connectivity index (χ4v) is 13.7. The van der Waals surface area contributed by atoms with Crippen molar-refractivity contribution in [3.05, 3.63) is 380 Å². The van der Waals surface area contributed by atoms with Gasteiger partial charge in [0.25, 0.3) is 0 Å². The fraction of sp³-hybridized carbons (Fsp3) is 0.122. The molecule has 0 unspecified atom stereocenters. The Morgan fingerprint density at radius 3 is 1.27 bits per heavy atom. The molecule has 0 spiro atoms. The summed E-state index contributed by atoms with van der Waals surface area (Å²) in [5, 5.41) is 29.8. The van der Waals surface area contributed by atoms with E-state index in [0.717, 1.165) is 61.1 Å². The van der Waals surface area contributed by atoms with E-state index in [1.165, 1.54) is 131 Å². The van der Waals surface area contributed by atoms with Crippen LogP contribution in [-0.4, -0.2) is 57.6 Å². The van der Waals surface area contributed by atoms with Crippen LogP contribution in [0.25, 0.3) is 110 Å². The average molecular weight is 2230 g/mol. The van der Waals surface area contributed by atoms with Crippen molar-refractivity contribution < 1.29 is 110 Å². The number of thiophene rings is 1. The van der Waals surface area contributed by atoms with Gasteiger partial charge in [-0.25, -0.2) is 11.3 Å². The van der Waals surface area contributed by atoms with Gasteiger partial charge in [0.05, 0.1) is 22.8 Å². The molecule has 17 rings (SSSR count). The third kappa shape index (κ3) is 25.2. The zero-order chi connectivity index (χ0) is 78.2. The van der Waals surface area contributed by atoms with Gasteiger partial charge in [0.2, 0.25) is 0 Å². The van der Waals surface area contributed by atoms with Crippen molar-refractivity contribution in [2.24, 2.45) is 0 Å². The van der Waals surface area contributed by atoms with Gasteiger partial charge in [-0.05, 0) is 142 Å². The molecule has 0 fully saturated rings. The number of para-hydroxylation sites is 1. The van der Waals surface area contributed by atoms with Crippen molar-refractivity contribution in [2.45, 2.75) is 80.1 Å². The number of hydrogen-bond donors (Lipinski definition) is 3. The van der Waals surface area contributed by atoms with Crippen molar-refractivity contribution >= 4 is 60.4 Å². The predicted molar refractivity (Wildman–Crippen MR) is 449 cm³/mol. The van der Waals surface area contributed by atoms with Gasteiger partial charge in [-0.2, -0.15) is 0 Å². The summed E-state index contributed by atoms with van der Waals surface area (Å²) in [6.45, 7) is 17.7. The number of carbonyl (C=O) groups is 3. The van der Waals surface area contributed by atoms with Crippen LogP contribution in [0.1, 0.15) is 91.5 Å². The number of aliphatic hydroxyl groups is 3. The number of nitrogens with zero attached hydrogens (tertiary/aromatic N) is 5. The van der Waals surface area contributed by atoms with E-state index in [1.807, 2.05) is 158 Å². The molecule has 3 N–H and O–H groups in total. The third-order valence-corrected chi connectivity index (χ3v) is 18.7. The summed E-state index contributed by atoms with van der Waals surface area (Å²) in [6, 6.07) is 107. The van der Waals surface area contributed by atoms with Crippen LogP contribution < -0.4 is 0 Å². The molecular weight excluding hydrogens is 2140 g/mol. The Morgan fingerprint density at radius 2 is 0.798 bits per heavy atom. The molecule has 6 aromatic heterocycles. The van der Waals surface area contributed by atoms with E-state index < -0.39 is 0 Å². The van der Waals surface area contributed by atoms with Crippen LogP contribution in [0.2, 0.25) is 0 Å². The van der Waals surface area contributed by atoms with Gasteiger partial charge >= 0.3 is 0 Å². The van der Waals surface area contributed by atoms with Crippen LogP contribution >= 0.6 is 11.3 Å². The van der Waals surface area contributed by atoms with E-state index in [9.17, 15) is 14.4 Å². The van der Waals surface area contributed by atoms with E-state index in [0.29, 0.717) is 0 Å². The van der Waals surface area contributed by atoms with Crippen molar-refractivity contribution in [1.82, 2.24) is 24.9 Å². The van der Waals surface area contributed by atoms with Crippen LogP contribution in [0, 0.1) is 30.3 Å². The molecule has 0 amide bonds. The number of ketones is 3. The van der Waals surface area contributed by atoms with Crippen LogP contribution in [0.15, 0.2) is 327 Å². The molecule has 114 heavy (non-hydrogen) atoms. The third-order valence-electron chi connectivity index (χ3n) is 17.6. The standard InChI is InChI=1S/C24H18N.C20H16N.C15H10N.C13H8NS.C11H8N.3C5H8O2.4Ir/c1-24(2)20-9-5-4-8-18(20)19-13-11-17(15-21(19)24)23-14-12-16-7-3-6-10-22(16)25-23;1-20(2)17-8-4-3-7-15(17)16-11-10-14(13-18(16)20)19-9-5-6-12-21-19;1-2-7-13(8-3-1)15-14-9-5-4-6-12(14)10-11-16-15;1-2-7-12-10(5-1)9-13(15-12)11-6-3-4-8-14-11;1-2-6-10(7-3-1)11-8-4-5-9-12-11;3*1-4(6)3-5(2)7;;;;/h3-10,12-15H,1-2H3;3-9,11-13H,1-2H3;1-7,9-11H;1-8H;1-6,8-9H;3*3,6H,1-2H3;;;;/q5*-1;;;;;;;. The summed E-state index contributed by atoms with van der Waals surface area (Å²) in [7, 11) is 0. The molecule has 16 heteroatoms. The maximum atomic E-state index is 10.0. The van der Waals surface area contributed by atoms with Crippen molar-refractivity contribution in [3.8, 4) is 77.9 Å². The molecule has 0 saturated carbocycles. The van der Waals surface area contributed by atoms with E-state index in [2.05, 4.69) is 205 Å².